The van der Waals surface area contributed by atoms with Crippen LogP contribution in [0.3, 0.4) is 0 Å². The van der Waals surface area contributed by atoms with Crippen molar-refractivity contribution in [3.8, 4) is 0 Å². The Morgan fingerprint density at radius 1 is 1.15 bits per heavy atom. The Morgan fingerprint density at radius 2 is 1.89 bits per heavy atom. The summed E-state index contributed by atoms with van der Waals surface area (Å²) in [7, 11) is 1.67. The number of para-hydroxylation sites is 2. The first-order valence-electron chi connectivity index (χ1n) is 9.41. The van der Waals surface area contributed by atoms with Crippen molar-refractivity contribution in [1.82, 2.24) is 19.0 Å². The molecule has 0 bridgehead atoms. The highest BCUT2D eigenvalue weighted by Crippen LogP contribution is 2.24. The number of imidazole rings is 1. The topological polar surface area (TPSA) is 60.1 Å². The molecule has 6 nitrogen and oxygen atoms in total. The van der Waals surface area contributed by atoms with E-state index in [-0.39, 0.29) is 17.0 Å². The maximum absolute atomic E-state index is 12.7. The zero-order valence-electron chi connectivity index (χ0n) is 15.8. The second kappa shape index (κ2) is 7.02. The SMILES string of the molecule is Cc1nc2ccccc2n1CC1CCN(C(=O)c2cccn(C)c2=O)CC1. The Kier molecular flexibility index (Phi) is 4.56. The van der Waals surface area contributed by atoms with E-state index in [2.05, 4.69) is 15.6 Å². The van der Waals surface area contributed by atoms with Crippen LogP contribution < -0.4 is 5.56 Å². The molecule has 3 heterocycles. The fourth-order valence-corrected chi connectivity index (χ4v) is 3.93. The standard InChI is InChI=1S/C21H24N4O2/c1-15-22-18-7-3-4-8-19(18)25(15)14-16-9-12-24(13-10-16)21(27)17-6-5-11-23(2)20(17)26/h3-8,11,16H,9-10,12-14H2,1-2H3. The molecule has 1 aromatic carbocycles. The van der Waals surface area contributed by atoms with E-state index in [1.54, 1.807) is 25.4 Å². The fraction of sp³-hybridized carbons (Fsp3) is 0.381. The van der Waals surface area contributed by atoms with E-state index in [4.69, 9.17) is 0 Å². The van der Waals surface area contributed by atoms with Gasteiger partial charge in [-0.25, -0.2) is 4.98 Å². The molecule has 1 aliphatic heterocycles. The number of hydrogen-bond donors (Lipinski definition) is 0. The van der Waals surface area contributed by atoms with E-state index in [0.717, 1.165) is 30.7 Å². The molecule has 1 amide bonds. The molecule has 6 heteroatoms. The average molecular weight is 364 g/mol. The number of likely N-dealkylation sites (tertiary alicyclic amines) is 1. The van der Waals surface area contributed by atoms with E-state index in [9.17, 15) is 9.59 Å². The Bertz CT molecular complexity index is 1040. The van der Waals surface area contributed by atoms with Crippen LogP contribution in [0.15, 0.2) is 47.4 Å². The lowest BCUT2D eigenvalue weighted by atomic mass is 9.96. The molecule has 140 valence electrons. The molecule has 0 saturated carbocycles. The third-order valence-corrected chi connectivity index (χ3v) is 5.54. The molecular weight excluding hydrogens is 340 g/mol. The number of piperidine rings is 1. The van der Waals surface area contributed by atoms with Gasteiger partial charge in [-0.1, -0.05) is 12.1 Å². The Morgan fingerprint density at radius 3 is 2.67 bits per heavy atom. The van der Waals surface area contributed by atoms with Crippen LogP contribution >= 0.6 is 0 Å². The highest BCUT2D eigenvalue weighted by molar-refractivity contribution is 5.93. The van der Waals surface area contributed by atoms with Crippen molar-refractivity contribution in [2.24, 2.45) is 13.0 Å². The van der Waals surface area contributed by atoms with Crippen LogP contribution in [0.1, 0.15) is 29.0 Å². The lowest BCUT2D eigenvalue weighted by Gasteiger charge is -2.32. The first kappa shape index (κ1) is 17.5. The Hall–Kier alpha value is -2.89. The quantitative estimate of drug-likeness (QED) is 0.718. The van der Waals surface area contributed by atoms with Crippen LogP contribution in [-0.4, -0.2) is 38.0 Å². The number of aryl methyl sites for hydroxylation is 2. The van der Waals surface area contributed by atoms with Crippen molar-refractivity contribution in [1.29, 1.82) is 0 Å². The van der Waals surface area contributed by atoms with Crippen molar-refractivity contribution < 1.29 is 4.79 Å². The molecule has 1 saturated heterocycles. The zero-order chi connectivity index (χ0) is 19.0. The van der Waals surface area contributed by atoms with Crippen LogP contribution in [-0.2, 0) is 13.6 Å². The zero-order valence-corrected chi connectivity index (χ0v) is 15.8. The van der Waals surface area contributed by atoms with Crippen LogP contribution in [0.5, 0.6) is 0 Å². The molecular formula is C21H24N4O2. The fourth-order valence-electron chi connectivity index (χ4n) is 3.93. The van der Waals surface area contributed by atoms with Crippen LogP contribution in [0.25, 0.3) is 11.0 Å². The molecule has 0 radical (unpaired) electrons. The summed E-state index contributed by atoms with van der Waals surface area (Å²) in [4.78, 5) is 31.4. The van der Waals surface area contributed by atoms with Crippen LogP contribution in [0.4, 0.5) is 0 Å². The van der Waals surface area contributed by atoms with Gasteiger partial charge in [-0.2, -0.15) is 0 Å². The van der Waals surface area contributed by atoms with Gasteiger partial charge in [0.1, 0.15) is 11.4 Å². The first-order chi connectivity index (χ1) is 13.0. The summed E-state index contributed by atoms with van der Waals surface area (Å²) in [5.74, 6) is 1.38. The molecule has 1 aliphatic rings. The minimum Gasteiger partial charge on any atom is -0.338 e. The number of carbonyl (C=O) groups excluding carboxylic acids is 1. The molecule has 0 aliphatic carbocycles. The maximum atomic E-state index is 12.7. The van der Waals surface area contributed by atoms with Gasteiger partial charge in [0, 0.05) is 32.9 Å². The molecule has 0 spiro atoms. The van der Waals surface area contributed by atoms with Gasteiger partial charge in [0.25, 0.3) is 11.5 Å². The molecule has 0 N–H and O–H groups in total. The van der Waals surface area contributed by atoms with E-state index in [1.165, 1.54) is 10.1 Å². The number of amides is 1. The Labute approximate surface area is 158 Å². The first-order valence-corrected chi connectivity index (χ1v) is 9.41. The molecule has 0 unspecified atom stereocenters. The maximum Gasteiger partial charge on any atom is 0.263 e. The highest BCUT2D eigenvalue weighted by atomic mass is 16.2. The summed E-state index contributed by atoms with van der Waals surface area (Å²) >= 11 is 0. The van der Waals surface area contributed by atoms with Gasteiger partial charge in [-0.05, 0) is 49.9 Å². The van der Waals surface area contributed by atoms with E-state index in [1.807, 2.05) is 30.0 Å². The second-order valence-corrected chi connectivity index (χ2v) is 7.33. The average Bonchev–Trinajstić information content (AvgIpc) is 2.99. The van der Waals surface area contributed by atoms with Gasteiger partial charge in [0.15, 0.2) is 0 Å². The summed E-state index contributed by atoms with van der Waals surface area (Å²) in [6.07, 6.45) is 3.54. The largest absolute Gasteiger partial charge is 0.338 e. The number of rotatable bonds is 3. The minimum absolute atomic E-state index is 0.154. The van der Waals surface area contributed by atoms with Gasteiger partial charge in [-0.3, -0.25) is 9.59 Å². The third kappa shape index (κ3) is 3.27. The summed E-state index contributed by atoms with van der Waals surface area (Å²) < 4.78 is 3.73. The summed E-state index contributed by atoms with van der Waals surface area (Å²) in [5.41, 5.74) is 2.23. The van der Waals surface area contributed by atoms with E-state index >= 15 is 0 Å². The Balaban J connectivity index is 1.44. The second-order valence-electron chi connectivity index (χ2n) is 7.33. The highest BCUT2D eigenvalue weighted by Gasteiger charge is 2.26. The van der Waals surface area contributed by atoms with Crippen molar-refractivity contribution in [2.75, 3.05) is 13.1 Å². The van der Waals surface area contributed by atoms with Crippen LogP contribution in [0.2, 0.25) is 0 Å². The van der Waals surface area contributed by atoms with Gasteiger partial charge in [-0.15, -0.1) is 0 Å². The molecule has 0 atom stereocenters. The molecule has 1 fully saturated rings. The van der Waals surface area contributed by atoms with Gasteiger partial charge >= 0.3 is 0 Å². The number of fused-ring (bicyclic) bond motifs is 1. The lowest BCUT2D eigenvalue weighted by Crippen LogP contribution is -2.41. The number of aromatic nitrogens is 3. The predicted molar refractivity (Wildman–Crippen MR) is 105 cm³/mol. The summed E-state index contributed by atoms with van der Waals surface area (Å²) in [6.45, 7) is 4.34. The smallest absolute Gasteiger partial charge is 0.263 e. The molecule has 27 heavy (non-hydrogen) atoms. The van der Waals surface area contributed by atoms with Crippen molar-refractivity contribution in [2.45, 2.75) is 26.3 Å². The van der Waals surface area contributed by atoms with Crippen molar-refractivity contribution in [3.63, 3.8) is 0 Å². The molecule has 4 rings (SSSR count). The van der Waals surface area contributed by atoms with Crippen LogP contribution in [0, 0.1) is 12.8 Å². The van der Waals surface area contributed by atoms with Crippen molar-refractivity contribution >= 4 is 16.9 Å². The minimum atomic E-state index is -0.231. The van der Waals surface area contributed by atoms with E-state index < -0.39 is 0 Å². The molecule has 2 aromatic heterocycles. The van der Waals surface area contributed by atoms with Gasteiger partial charge < -0.3 is 14.0 Å². The monoisotopic (exact) mass is 364 g/mol. The van der Waals surface area contributed by atoms with Crippen molar-refractivity contribution in [3.05, 3.63) is 64.3 Å². The van der Waals surface area contributed by atoms with Gasteiger partial charge in [0.2, 0.25) is 0 Å². The number of pyridine rings is 1. The lowest BCUT2D eigenvalue weighted by molar-refractivity contribution is 0.0680. The normalized spacial score (nSPS) is 15.4. The predicted octanol–water partition coefficient (Wildman–Crippen LogP) is 2.60. The number of benzene rings is 1. The van der Waals surface area contributed by atoms with E-state index in [0.29, 0.717) is 19.0 Å². The summed E-state index contributed by atoms with van der Waals surface area (Å²) in [6, 6.07) is 11.6. The number of carbonyl (C=O) groups is 1. The summed E-state index contributed by atoms with van der Waals surface area (Å²) in [5, 5.41) is 0. The molecule has 3 aromatic rings. The number of hydrogen-bond acceptors (Lipinski definition) is 3. The number of nitrogens with zero attached hydrogens (tertiary/aromatic N) is 4. The third-order valence-electron chi connectivity index (χ3n) is 5.54. The van der Waals surface area contributed by atoms with Gasteiger partial charge in [0.05, 0.1) is 11.0 Å².